The molecule has 0 heterocycles. The third-order valence-electron chi connectivity index (χ3n) is 2.62. The molecule has 0 aromatic heterocycles. The summed E-state index contributed by atoms with van der Waals surface area (Å²) in [4.78, 5) is 12.0. The summed E-state index contributed by atoms with van der Waals surface area (Å²) >= 11 is 3.15. The van der Waals surface area contributed by atoms with Gasteiger partial charge >= 0.3 is 0 Å². The van der Waals surface area contributed by atoms with Crippen molar-refractivity contribution in [1.29, 1.82) is 0 Å². The molecule has 2 aromatic carbocycles. The van der Waals surface area contributed by atoms with Crippen LogP contribution in [-0.4, -0.2) is 5.91 Å². The number of amides is 1. The fraction of sp³-hybridized carbons (Fsp3) is 0.0714. The first kappa shape index (κ1) is 13.5. The number of benzene rings is 2. The van der Waals surface area contributed by atoms with Crippen LogP contribution in [0.4, 0.5) is 15.8 Å². The van der Waals surface area contributed by atoms with E-state index in [0.29, 0.717) is 15.8 Å². The van der Waals surface area contributed by atoms with Gasteiger partial charge < -0.3 is 11.1 Å². The molecule has 0 saturated heterocycles. The molecule has 2 rings (SSSR count). The van der Waals surface area contributed by atoms with Gasteiger partial charge in [-0.2, -0.15) is 0 Å². The first-order valence-corrected chi connectivity index (χ1v) is 6.38. The maximum atomic E-state index is 13.2. The van der Waals surface area contributed by atoms with Gasteiger partial charge in [0.15, 0.2) is 0 Å². The van der Waals surface area contributed by atoms with Crippen LogP contribution in [0.5, 0.6) is 0 Å². The molecule has 3 N–H and O–H groups in total. The van der Waals surface area contributed by atoms with Gasteiger partial charge in [-0.25, -0.2) is 4.39 Å². The Balaban J connectivity index is 2.25. The Morgan fingerprint density at radius 3 is 2.63 bits per heavy atom. The summed E-state index contributed by atoms with van der Waals surface area (Å²) in [6.45, 7) is 1.84. The van der Waals surface area contributed by atoms with E-state index in [1.807, 2.05) is 6.92 Å². The van der Waals surface area contributed by atoms with E-state index in [-0.39, 0.29) is 11.5 Å². The highest BCUT2D eigenvalue weighted by atomic mass is 79.9. The fourth-order valence-corrected chi connectivity index (χ4v) is 2.17. The number of aryl methyl sites for hydroxylation is 1. The minimum absolute atomic E-state index is 0.253. The van der Waals surface area contributed by atoms with Crippen molar-refractivity contribution >= 4 is 33.2 Å². The number of carbonyl (C=O) groups excluding carboxylic acids is 1. The van der Waals surface area contributed by atoms with Crippen molar-refractivity contribution in [3.05, 3.63) is 57.8 Å². The van der Waals surface area contributed by atoms with Crippen LogP contribution in [-0.2, 0) is 0 Å². The Hall–Kier alpha value is -1.88. The second kappa shape index (κ2) is 5.40. The number of halogens is 2. The number of hydrogen-bond acceptors (Lipinski definition) is 2. The summed E-state index contributed by atoms with van der Waals surface area (Å²) < 4.78 is 13.8. The number of anilines is 2. The zero-order chi connectivity index (χ0) is 14.0. The van der Waals surface area contributed by atoms with Crippen LogP contribution >= 0.6 is 15.9 Å². The average molecular weight is 323 g/mol. The number of carbonyl (C=O) groups is 1. The largest absolute Gasteiger partial charge is 0.399 e. The van der Waals surface area contributed by atoms with Crippen LogP contribution in [0.25, 0.3) is 0 Å². The molecule has 0 radical (unpaired) electrons. The average Bonchev–Trinajstić information content (AvgIpc) is 2.31. The van der Waals surface area contributed by atoms with Gasteiger partial charge in [0.2, 0.25) is 0 Å². The maximum absolute atomic E-state index is 13.2. The summed E-state index contributed by atoms with van der Waals surface area (Å²) in [6, 6.07) is 9.22. The molecule has 3 nitrogen and oxygen atoms in total. The number of hydrogen-bond donors (Lipinski definition) is 2. The van der Waals surface area contributed by atoms with Crippen LogP contribution in [0.1, 0.15) is 15.9 Å². The van der Waals surface area contributed by atoms with Crippen molar-refractivity contribution in [3.8, 4) is 0 Å². The summed E-state index contributed by atoms with van der Waals surface area (Å²) in [5.41, 5.74) is 8.03. The van der Waals surface area contributed by atoms with E-state index < -0.39 is 5.82 Å². The normalized spacial score (nSPS) is 10.3. The third kappa shape index (κ3) is 3.32. The van der Waals surface area contributed by atoms with Gasteiger partial charge in [0.25, 0.3) is 5.91 Å². The Morgan fingerprint density at radius 2 is 2.00 bits per heavy atom. The zero-order valence-electron chi connectivity index (χ0n) is 10.2. The molecule has 0 saturated carbocycles. The predicted molar refractivity (Wildman–Crippen MR) is 77.6 cm³/mol. The molecule has 0 bridgehead atoms. The lowest BCUT2D eigenvalue weighted by molar-refractivity contribution is 0.102. The molecule has 0 fully saturated rings. The molecule has 0 aliphatic carbocycles. The molecule has 5 heteroatoms. The van der Waals surface area contributed by atoms with Crippen LogP contribution in [0.15, 0.2) is 40.9 Å². The van der Waals surface area contributed by atoms with Crippen LogP contribution in [0.3, 0.4) is 0 Å². The molecule has 0 unspecified atom stereocenters. The predicted octanol–water partition coefficient (Wildman–Crippen LogP) is 3.73. The number of nitrogen functional groups attached to an aromatic ring is 1. The first-order chi connectivity index (χ1) is 8.95. The molecule has 2 aromatic rings. The lowest BCUT2D eigenvalue weighted by atomic mass is 10.1. The number of nitrogens with one attached hydrogen (secondary N) is 1. The SMILES string of the molecule is Cc1cc(N)ccc1NC(=O)c1cc(F)cc(Br)c1. The third-order valence-corrected chi connectivity index (χ3v) is 3.08. The highest BCUT2D eigenvalue weighted by molar-refractivity contribution is 9.10. The highest BCUT2D eigenvalue weighted by Gasteiger charge is 2.10. The van der Waals surface area contributed by atoms with Crippen molar-refractivity contribution in [3.63, 3.8) is 0 Å². The van der Waals surface area contributed by atoms with Crippen molar-refractivity contribution in [1.82, 2.24) is 0 Å². The highest BCUT2D eigenvalue weighted by Crippen LogP contribution is 2.20. The number of rotatable bonds is 2. The second-order valence-corrected chi connectivity index (χ2v) is 5.10. The summed E-state index contributed by atoms with van der Waals surface area (Å²) in [5, 5.41) is 2.73. The summed E-state index contributed by atoms with van der Waals surface area (Å²) in [7, 11) is 0. The van der Waals surface area contributed by atoms with Gasteiger partial charge in [-0.3, -0.25) is 4.79 Å². The minimum atomic E-state index is -0.464. The topological polar surface area (TPSA) is 55.1 Å². The summed E-state index contributed by atoms with van der Waals surface area (Å²) in [6.07, 6.45) is 0. The van der Waals surface area contributed by atoms with Gasteiger partial charge in [0.05, 0.1) is 0 Å². The van der Waals surface area contributed by atoms with Crippen LogP contribution in [0, 0.1) is 12.7 Å². The standard InChI is InChI=1S/C14H12BrFN2O/c1-8-4-12(17)2-3-13(8)18-14(19)9-5-10(15)7-11(16)6-9/h2-7H,17H2,1H3,(H,18,19). The molecule has 0 spiro atoms. The van der Waals surface area contributed by atoms with E-state index in [0.717, 1.165) is 5.56 Å². The van der Waals surface area contributed by atoms with E-state index in [9.17, 15) is 9.18 Å². The minimum Gasteiger partial charge on any atom is -0.399 e. The molecule has 0 aliphatic heterocycles. The van der Waals surface area contributed by atoms with E-state index in [4.69, 9.17) is 5.73 Å². The smallest absolute Gasteiger partial charge is 0.255 e. The Labute approximate surface area is 118 Å². The molecular weight excluding hydrogens is 311 g/mol. The summed E-state index contributed by atoms with van der Waals surface area (Å²) in [5.74, 6) is -0.832. The van der Waals surface area contributed by atoms with E-state index >= 15 is 0 Å². The molecule has 0 atom stereocenters. The van der Waals surface area contributed by atoms with Crippen LogP contribution in [0.2, 0.25) is 0 Å². The molecule has 98 valence electrons. The van der Waals surface area contributed by atoms with Gasteiger partial charge in [-0.15, -0.1) is 0 Å². The second-order valence-electron chi connectivity index (χ2n) is 4.19. The van der Waals surface area contributed by atoms with Crippen molar-refractivity contribution in [2.45, 2.75) is 6.92 Å². The Morgan fingerprint density at radius 1 is 1.26 bits per heavy atom. The molecule has 0 aliphatic rings. The fourth-order valence-electron chi connectivity index (χ4n) is 1.71. The van der Waals surface area contributed by atoms with Crippen molar-refractivity contribution in [2.24, 2.45) is 0 Å². The lowest BCUT2D eigenvalue weighted by Gasteiger charge is -2.09. The molecule has 1 amide bonds. The molecule has 19 heavy (non-hydrogen) atoms. The van der Waals surface area contributed by atoms with Gasteiger partial charge in [-0.05, 0) is 48.9 Å². The quantitative estimate of drug-likeness (QED) is 0.828. The maximum Gasteiger partial charge on any atom is 0.255 e. The van der Waals surface area contributed by atoms with Crippen molar-refractivity contribution in [2.75, 3.05) is 11.1 Å². The van der Waals surface area contributed by atoms with Crippen LogP contribution < -0.4 is 11.1 Å². The monoisotopic (exact) mass is 322 g/mol. The van der Waals surface area contributed by atoms with Crippen molar-refractivity contribution < 1.29 is 9.18 Å². The Kier molecular flexibility index (Phi) is 3.85. The lowest BCUT2D eigenvalue weighted by Crippen LogP contribution is -2.13. The van der Waals surface area contributed by atoms with Gasteiger partial charge in [0.1, 0.15) is 5.82 Å². The molecular formula is C14H12BrFN2O. The van der Waals surface area contributed by atoms with Gasteiger partial charge in [-0.1, -0.05) is 15.9 Å². The van der Waals surface area contributed by atoms with Gasteiger partial charge in [0, 0.05) is 21.4 Å². The van der Waals surface area contributed by atoms with E-state index in [1.54, 1.807) is 24.3 Å². The van der Waals surface area contributed by atoms with E-state index in [1.165, 1.54) is 12.1 Å². The Bertz CT molecular complexity index is 623. The zero-order valence-corrected chi connectivity index (χ0v) is 11.8. The first-order valence-electron chi connectivity index (χ1n) is 5.59. The number of nitrogens with two attached hydrogens (primary N) is 1. The van der Waals surface area contributed by atoms with E-state index in [2.05, 4.69) is 21.2 Å².